The molecule has 0 bridgehead atoms. The number of rotatable bonds is 5. The van der Waals surface area contributed by atoms with E-state index in [1.54, 1.807) is 6.92 Å². The Bertz CT molecular complexity index is 597. The van der Waals surface area contributed by atoms with Gasteiger partial charge in [0.05, 0.1) is 18.8 Å². The first-order chi connectivity index (χ1) is 9.76. The number of aryl methyl sites for hydroxylation is 1. The molecule has 0 saturated heterocycles. The van der Waals surface area contributed by atoms with Gasteiger partial charge in [0.2, 0.25) is 5.95 Å². The molecular formula is C10H17N5O5S. The largest absolute Gasteiger partial charge is 0.390 e. The highest BCUT2D eigenvalue weighted by Gasteiger charge is 2.42. The topological polar surface area (TPSA) is 161 Å². The first-order valence-electron chi connectivity index (χ1n) is 6.22. The van der Waals surface area contributed by atoms with Gasteiger partial charge >= 0.3 is 10.3 Å². The van der Waals surface area contributed by atoms with Gasteiger partial charge in [0.15, 0.2) is 0 Å². The number of hydrogen-bond acceptors (Lipinski definition) is 9. The van der Waals surface area contributed by atoms with Crippen LogP contribution in [0.15, 0.2) is 6.33 Å². The van der Waals surface area contributed by atoms with Gasteiger partial charge in [-0.05, 0) is 13.3 Å². The van der Waals surface area contributed by atoms with Crippen molar-refractivity contribution in [3.05, 3.63) is 12.2 Å². The maximum atomic E-state index is 10.8. The van der Waals surface area contributed by atoms with Gasteiger partial charge in [0.1, 0.15) is 18.3 Å². The molecule has 1 aliphatic rings. The monoisotopic (exact) mass is 319 g/mol. The molecule has 1 fully saturated rings. The zero-order chi connectivity index (χ0) is 15.6. The maximum Gasteiger partial charge on any atom is 0.333 e. The summed E-state index contributed by atoms with van der Waals surface area (Å²) in [6.07, 6.45) is -0.629. The van der Waals surface area contributed by atoms with Crippen LogP contribution in [0.1, 0.15) is 12.2 Å². The fourth-order valence-electron chi connectivity index (χ4n) is 2.23. The Balaban J connectivity index is 1.99. The molecule has 1 saturated carbocycles. The number of nitrogens with zero attached hydrogens (tertiary/aromatic N) is 3. The third kappa shape index (κ3) is 4.28. The van der Waals surface area contributed by atoms with Gasteiger partial charge in [-0.15, -0.1) is 0 Å². The zero-order valence-corrected chi connectivity index (χ0v) is 12.1. The summed E-state index contributed by atoms with van der Waals surface area (Å²) < 4.78 is 26.0. The molecule has 0 aliphatic heterocycles. The Labute approximate surface area is 121 Å². The van der Waals surface area contributed by atoms with Crippen LogP contribution in [0, 0.1) is 12.8 Å². The van der Waals surface area contributed by atoms with E-state index in [0.717, 1.165) is 0 Å². The predicted octanol–water partition coefficient (Wildman–Crippen LogP) is -2.08. The summed E-state index contributed by atoms with van der Waals surface area (Å²) >= 11 is 0. The molecule has 1 heterocycles. The van der Waals surface area contributed by atoms with E-state index >= 15 is 0 Å². The summed E-state index contributed by atoms with van der Waals surface area (Å²) in [4.78, 5) is 11.8. The van der Waals surface area contributed by atoms with Crippen LogP contribution >= 0.6 is 0 Å². The third-order valence-corrected chi connectivity index (χ3v) is 3.72. The summed E-state index contributed by atoms with van der Waals surface area (Å²) in [7, 11) is -4.08. The van der Waals surface area contributed by atoms with Gasteiger partial charge in [-0.25, -0.2) is 15.1 Å². The molecule has 0 amide bonds. The van der Waals surface area contributed by atoms with Crippen molar-refractivity contribution < 1.29 is 22.8 Å². The lowest BCUT2D eigenvalue weighted by atomic mass is 10.1. The van der Waals surface area contributed by atoms with E-state index in [1.165, 1.54) is 6.33 Å². The van der Waals surface area contributed by atoms with Gasteiger partial charge in [-0.2, -0.15) is 13.4 Å². The van der Waals surface area contributed by atoms with Crippen LogP contribution in [0.3, 0.4) is 0 Å². The van der Waals surface area contributed by atoms with Gasteiger partial charge in [0.25, 0.3) is 0 Å². The minimum Gasteiger partial charge on any atom is -0.390 e. The van der Waals surface area contributed by atoms with Crippen LogP contribution in [0.4, 0.5) is 5.95 Å². The van der Waals surface area contributed by atoms with Gasteiger partial charge in [-0.1, -0.05) is 0 Å². The van der Waals surface area contributed by atoms with Crippen molar-refractivity contribution in [1.29, 1.82) is 0 Å². The van der Waals surface area contributed by atoms with Crippen molar-refractivity contribution >= 4 is 16.3 Å². The Morgan fingerprint density at radius 2 is 2.14 bits per heavy atom. The molecule has 118 valence electrons. The lowest BCUT2D eigenvalue weighted by Gasteiger charge is -2.17. The number of aliphatic hydroxyl groups is 2. The number of hydrogen-bond donors (Lipinski definition) is 4. The SMILES string of the molecule is Cc1ncnc(N[C@@H]2C[C@H](COS(N)(=O)=O)[C@@H](O)[C@H]2O)n1. The van der Waals surface area contributed by atoms with Crippen molar-refractivity contribution in [1.82, 2.24) is 15.0 Å². The van der Waals surface area contributed by atoms with E-state index in [-0.39, 0.29) is 19.0 Å². The highest BCUT2D eigenvalue weighted by atomic mass is 32.2. The highest BCUT2D eigenvalue weighted by molar-refractivity contribution is 7.84. The molecule has 1 aromatic rings. The number of anilines is 1. The van der Waals surface area contributed by atoms with E-state index in [2.05, 4.69) is 24.5 Å². The molecule has 21 heavy (non-hydrogen) atoms. The second-order valence-corrected chi connectivity index (χ2v) is 6.08. The van der Waals surface area contributed by atoms with Crippen molar-refractivity contribution in [3.8, 4) is 0 Å². The average Bonchev–Trinajstić information content (AvgIpc) is 2.64. The summed E-state index contributed by atoms with van der Waals surface area (Å²) in [5.41, 5.74) is 0. The summed E-state index contributed by atoms with van der Waals surface area (Å²) in [5, 5.41) is 27.5. The second kappa shape index (κ2) is 6.15. The highest BCUT2D eigenvalue weighted by Crippen LogP contribution is 2.29. The Hall–Kier alpha value is -1.40. The predicted molar refractivity (Wildman–Crippen MR) is 71.2 cm³/mol. The van der Waals surface area contributed by atoms with E-state index in [1.807, 2.05) is 0 Å². The molecule has 2 rings (SSSR count). The minimum atomic E-state index is -4.08. The van der Waals surface area contributed by atoms with Crippen LogP contribution in [-0.2, 0) is 14.5 Å². The van der Waals surface area contributed by atoms with Crippen LogP contribution in [-0.4, -0.2) is 58.4 Å². The molecule has 1 aromatic heterocycles. The van der Waals surface area contributed by atoms with Crippen molar-refractivity contribution in [3.63, 3.8) is 0 Å². The summed E-state index contributed by atoms with van der Waals surface area (Å²) in [6.45, 7) is 1.39. The fourth-order valence-corrected chi connectivity index (χ4v) is 2.59. The zero-order valence-electron chi connectivity index (χ0n) is 11.2. The summed E-state index contributed by atoms with van der Waals surface area (Å²) in [6, 6.07) is -0.532. The van der Waals surface area contributed by atoms with E-state index in [4.69, 9.17) is 5.14 Å². The molecule has 4 atom stereocenters. The molecule has 10 nitrogen and oxygen atoms in total. The Morgan fingerprint density at radius 1 is 1.43 bits per heavy atom. The molecular weight excluding hydrogens is 302 g/mol. The molecule has 11 heteroatoms. The van der Waals surface area contributed by atoms with Crippen LogP contribution in [0.5, 0.6) is 0 Å². The number of nitrogens with two attached hydrogens (primary N) is 1. The standard InChI is InChI=1S/C10H17N5O5S/c1-5-12-4-13-10(14-5)15-7-2-6(8(16)9(7)17)3-20-21(11,18)19/h4,6-9,16-17H,2-3H2,1H3,(H2,11,18,19)(H,12,13,14,15)/t6-,7-,8-,9+/m1/s1. The molecule has 0 unspecified atom stereocenters. The van der Waals surface area contributed by atoms with Crippen LogP contribution in [0.25, 0.3) is 0 Å². The van der Waals surface area contributed by atoms with Gasteiger partial charge < -0.3 is 15.5 Å². The lowest BCUT2D eigenvalue weighted by Crippen LogP contribution is -2.36. The molecule has 5 N–H and O–H groups in total. The molecule has 1 aliphatic carbocycles. The van der Waals surface area contributed by atoms with E-state index in [9.17, 15) is 18.6 Å². The van der Waals surface area contributed by atoms with E-state index < -0.39 is 34.5 Å². The fraction of sp³-hybridized carbons (Fsp3) is 0.700. The van der Waals surface area contributed by atoms with Crippen molar-refractivity contribution in [2.45, 2.75) is 31.6 Å². The maximum absolute atomic E-state index is 10.8. The molecule has 0 radical (unpaired) electrons. The quantitative estimate of drug-likeness (QED) is 0.477. The third-order valence-electron chi connectivity index (χ3n) is 3.26. The first kappa shape index (κ1) is 16.0. The number of nitrogens with one attached hydrogen (secondary N) is 1. The Morgan fingerprint density at radius 3 is 2.76 bits per heavy atom. The normalized spacial score (nSPS) is 29.5. The number of aromatic nitrogens is 3. The van der Waals surface area contributed by atoms with Crippen LogP contribution in [0.2, 0.25) is 0 Å². The smallest absolute Gasteiger partial charge is 0.333 e. The lowest BCUT2D eigenvalue weighted by molar-refractivity contribution is 0.00775. The minimum absolute atomic E-state index is 0.270. The average molecular weight is 319 g/mol. The summed E-state index contributed by atoms with van der Waals surface area (Å²) in [5.74, 6) is 0.208. The van der Waals surface area contributed by atoms with Crippen molar-refractivity contribution in [2.75, 3.05) is 11.9 Å². The van der Waals surface area contributed by atoms with Crippen LogP contribution < -0.4 is 10.5 Å². The Kier molecular flexibility index (Phi) is 4.68. The molecule has 0 spiro atoms. The van der Waals surface area contributed by atoms with Gasteiger partial charge in [0, 0.05) is 5.92 Å². The van der Waals surface area contributed by atoms with E-state index in [0.29, 0.717) is 5.82 Å². The number of aliphatic hydroxyl groups excluding tert-OH is 2. The second-order valence-electron chi connectivity index (χ2n) is 4.86. The first-order valence-corrected chi connectivity index (χ1v) is 7.69. The van der Waals surface area contributed by atoms with Crippen molar-refractivity contribution in [2.24, 2.45) is 11.1 Å². The molecule has 0 aromatic carbocycles. The van der Waals surface area contributed by atoms with Gasteiger partial charge in [-0.3, -0.25) is 4.18 Å².